The molecule has 0 saturated heterocycles. The number of methoxy groups -OCH3 is 2. The number of fused-ring (bicyclic) bond motifs is 1. The fraction of sp³-hybridized carbons (Fsp3) is 0.333. The monoisotopic (exact) mass is 381 g/mol. The lowest BCUT2D eigenvalue weighted by Gasteiger charge is -2.12. The number of hydrogen-bond acceptors (Lipinski definition) is 4. The number of H-pyrrole nitrogens is 1. The molecular formula is C21H27N5O2. The van der Waals surface area contributed by atoms with Crippen LogP contribution in [0.5, 0.6) is 11.5 Å². The SMILES string of the molecule is CN=C(NCCc1ccc(OC)c(OC)c1)NCCc1nc2ccccc2[nH]1. The molecule has 0 unspecified atom stereocenters. The molecule has 0 fully saturated rings. The minimum Gasteiger partial charge on any atom is -0.493 e. The van der Waals surface area contributed by atoms with Crippen LogP contribution in [0.1, 0.15) is 11.4 Å². The summed E-state index contributed by atoms with van der Waals surface area (Å²) in [5.41, 5.74) is 3.23. The van der Waals surface area contributed by atoms with Gasteiger partial charge in [-0.05, 0) is 36.2 Å². The van der Waals surface area contributed by atoms with Crippen molar-refractivity contribution < 1.29 is 9.47 Å². The van der Waals surface area contributed by atoms with Crippen molar-refractivity contribution in [2.45, 2.75) is 12.8 Å². The van der Waals surface area contributed by atoms with Gasteiger partial charge in [-0.3, -0.25) is 4.99 Å². The molecule has 3 N–H and O–H groups in total. The lowest BCUT2D eigenvalue weighted by atomic mass is 10.1. The summed E-state index contributed by atoms with van der Waals surface area (Å²) in [6.07, 6.45) is 1.65. The van der Waals surface area contributed by atoms with Gasteiger partial charge in [0.05, 0.1) is 25.3 Å². The van der Waals surface area contributed by atoms with E-state index in [1.165, 1.54) is 5.56 Å². The third-order valence-corrected chi connectivity index (χ3v) is 4.47. The molecule has 0 aliphatic carbocycles. The van der Waals surface area contributed by atoms with Crippen LogP contribution >= 0.6 is 0 Å². The second kappa shape index (κ2) is 9.64. The summed E-state index contributed by atoms with van der Waals surface area (Å²) in [5, 5.41) is 6.66. The summed E-state index contributed by atoms with van der Waals surface area (Å²) >= 11 is 0. The van der Waals surface area contributed by atoms with Crippen molar-refractivity contribution in [3.05, 3.63) is 53.9 Å². The number of guanidine groups is 1. The molecular weight excluding hydrogens is 354 g/mol. The van der Waals surface area contributed by atoms with Gasteiger partial charge in [-0.15, -0.1) is 0 Å². The van der Waals surface area contributed by atoms with E-state index in [0.29, 0.717) is 0 Å². The van der Waals surface area contributed by atoms with Gasteiger partial charge in [-0.25, -0.2) is 4.98 Å². The minimum atomic E-state index is 0.738. The molecule has 3 aromatic rings. The van der Waals surface area contributed by atoms with Crippen molar-refractivity contribution in [3.63, 3.8) is 0 Å². The van der Waals surface area contributed by atoms with Crippen LogP contribution in [0.25, 0.3) is 11.0 Å². The van der Waals surface area contributed by atoms with Gasteiger partial charge >= 0.3 is 0 Å². The number of rotatable bonds is 8. The molecule has 148 valence electrons. The van der Waals surface area contributed by atoms with Crippen LogP contribution in [0.4, 0.5) is 0 Å². The van der Waals surface area contributed by atoms with E-state index in [9.17, 15) is 0 Å². The quantitative estimate of drug-likeness (QED) is 0.413. The first-order valence-electron chi connectivity index (χ1n) is 9.32. The van der Waals surface area contributed by atoms with Gasteiger partial charge in [0.15, 0.2) is 17.5 Å². The number of benzene rings is 2. The van der Waals surface area contributed by atoms with Gasteiger partial charge in [-0.1, -0.05) is 18.2 Å². The Morgan fingerprint density at radius 1 is 1.00 bits per heavy atom. The van der Waals surface area contributed by atoms with Crippen LogP contribution in [-0.4, -0.2) is 50.3 Å². The first-order valence-corrected chi connectivity index (χ1v) is 9.32. The number of aromatic nitrogens is 2. The molecule has 2 aromatic carbocycles. The Bertz CT molecular complexity index is 902. The normalized spacial score (nSPS) is 11.5. The van der Waals surface area contributed by atoms with Crippen molar-refractivity contribution >= 4 is 17.0 Å². The molecule has 7 heteroatoms. The highest BCUT2D eigenvalue weighted by Gasteiger charge is 2.06. The van der Waals surface area contributed by atoms with Gasteiger partial charge in [0, 0.05) is 26.6 Å². The fourth-order valence-electron chi connectivity index (χ4n) is 3.01. The summed E-state index contributed by atoms with van der Waals surface area (Å²) in [6, 6.07) is 14.0. The van der Waals surface area contributed by atoms with Crippen molar-refractivity contribution in [3.8, 4) is 11.5 Å². The number of imidazole rings is 1. The zero-order chi connectivity index (χ0) is 19.8. The average molecular weight is 381 g/mol. The Balaban J connectivity index is 1.44. The maximum atomic E-state index is 5.35. The molecule has 0 atom stereocenters. The van der Waals surface area contributed by atoms with Gasteiger partial charge in [-0.2, -0.15) is 0 Å². The maximum absolute atomic E-state index is 5.35. The van der Waals surface area contributed by atoms with Gasteiger partial charge < -0.3 is 25.1 Å². The Kier molecular flexibility index (Phi) is 6.73. The molecule has 0 amide bonds. The number of hydrogen-bond donors (Lipinski definition) is 3. The van der Waals surface area contributed by atoms with E-state index in [0.717, 1.165) is 60.2 Å². The molecule has 3 rings (SSSR count). The van der Waals surface area contributed by atoms with Crippen molar-refractivity contribution in [1.29, 1.82) is 0 Å². The Labute approximate surface area is 165 Å². The first kappa shape index (κ1) is 19.5. The molecule has 0 aliphatic heterocycles. The number of nitrogens with one attached hydrogen (secondary N) is 3. The molecule has 0 radical (unpaired) electrons. The highest BCUT2D eigenvalue weighted by molar-refractivity contribution is 5.79. The number of para-hydroxylation sites is 2. The lowest BCUT2D eigenvalue weighted by molar-refractivity contribution is 0.354. The summed E-state index contributed by atoms with van der Waals surface area (Å²) in [6.45, 7) is 1.51. The van der Waals surface area contributed by atoms with Gasteiger partial charge in [0.25, 0.3) is 0 Å². The maximum Gasteiger partial charge on any atom is 0.191 e. The van der Waals surface area contributed by atoms with E-state index < -0.39 is 0 Å². The van der Waals surface area contributed by atoms with Crippen LogP contribution in [-0.2, 0) is 12.8 Å². The van der Waals surface area contributed by atoms with E-state index in [1.54, 1.807) is 21.3 Å². The van der Waals surface area contributed by atoms with E-state index in [1.807, 2.05) is 42.5 Å². The second-order valence-corrected chi connectivity index (χ2v) is 6.32. The van der Waals surface area contributed by atoms with Crippen molar-refractivity contribution in [2.24, 2.45) is 4.99 Å². The summed E-state index contributed by atoms with van der Waals surface area (Å²) in [7, 11) is 5.06. The van der Waals surface area contributed by atoms with Gasteiger partial charge in [0.1, 0.15) is 5.82 Å². The average Bonchev–Trinajstić information content (AvgIpc) is 3.15. The fourth-order valence-corrected chi connectivity index (χ4v) is 3.01. The third kappa shape index (κ3) is 4.94. The zero-order valence-electron chi connectivity index (χ0n) is 16.6. The molecule has 0 bridgehead atoms. The Hall–Kier alpha value is -3.22. The number of ether oxygens (including phenoxy) is 2. The third-order valence-electron chi connectivity index (χ3n) is 4.47. The number of aliphatic imine (C=N–C) groups is 1. The smallest absolute Gasteiger partial charge is 0.191 e. The van der Waals surface area contributed by atoms with Crippen molar-refractivity contribution in [1.82, 2.24) is 20.6 Å². The summed E-state index contributed by atoms with van der Waals surface area (Å²) in [4.78, 5) is 12.2. The second-order valence-electron chi connectivity index (χ2n) is 6.32. The number of nitrogens with zero attached hydrogens (tertiary/aromatic N) is 2. The van der Waals surface area contributed by atoms with Crippen LogP contribution in [0.3, 0.4) is 0 Å². The molecule has 28 heavy (non-hydrogen) atoms. The van der Waals surface area contributed by atoms with Crippen molar-refractivity contribution in [2.75, 3.05) is 34.4 Å². The summed E-state index contributed by atoms with van der Waals surface area (Å²) in [5.74, 6) is 3.22. The highest BCUT2D eigenvalue weighted by atomic mass is 16.5. The molecule has 0 spiro atoms. The van der Waals surface area contributed by atoms with E-state index in [2.05, 4.69) is 25.6 Å². The molecule has 1 heterocycles. The first-order chi connectivity index (χ1) is 13.7. The molecule has 1 aromatic heterocycles. The standard InChI is InChI=1S/C21H27N5O2/c1-22-21(23-12-10-15-8-9-18(27-2)19(14-15)28-3)24-13-11-20-25-16-6-4-5-7-17(16)26-20/h4-9,14H,10-13H2,1-3H3,(H,25,26)(H2,22,23,24). The Morgan fingerprint density at radius 2 is 1.75 bits per heavy atom. The van der Waals surface area contributed by atoms with E-state index in [4.69, 9.17) is 9.47 Å². The summed E-state index contributed by atoms with van der Waals surface area (Å²) < 4.78 is 10.6. The van der Waals surface area contributed by atoms with E-state index >= 15 is 0 Å². The lowest BCUT2D eigenvalue weighted by Crippen LogP contribution is -2.39. The van der Waals surface area contributed by atoms with E-state index in [-0.39, 0.29) is 0 Å². The zero-order valence-corrected chi connectivity index (χ0v) is 16.6. The highest BCUT2D eigenvalue weighted by Crippen LogP contribution is 2.27. The predicted octanol–water partition coefficient (Wildman–Crippen LogP) is 2.53. The largest absolute Gasteiger partial charge is 0.493 e. The number of aromatic amines is 1. The van der Waals surface area contributed by atoms with Crippen LogP contribution in [0.2, 0.25) is 0 Å². The minimum absolute atomic E-state index is 0.738. The molecule has 0 saturated carbocycles. The molecule has 7 nitrogen and oxygen atoms in total. The topological polar surface area (TPSA) is 83.6 Å². The van der Waals surface area contributed by atoms with Crippen LogP contribution < -0.4 is 20.1 Å². The van der Waals surface area contributed by atoms with Gasteiger partial charge in [0.2, 0.25) is 0 Å². The van der Waals surface area contributed by atoms with Crippen LogP contribution in [0.15, 0.2) is 47.5 Å². The Morgan fingerprint density at radius 3 is 2.46 bits per heavy atom. The van der Waals surface area contributed by atoms with Crippen LogP contribution in [0, 0.1) is 0 Å². The molecule has 0 aliphatic rings. The predicted molar refractivity (Wildman–Crippen MR) is 112 cm³/mol.